The van der Waals surface area contributed by atoms with Crippen LogP contribution in [0, 0.1) is 0 Å². The summed E-state index contributed by atoms with van der Waals surface area (Å²) in [6.07, 6.45) is 0. The summed E-state index contributed by atoms with van der Waals surface area (Å²) in [6, 6.07) is 11.3. The van der Waals surface area contributed by atoms with Crippen molar-refractivity contribution in [3.05, 3.63) is 62.5 Å². The first-order valence-electron chi connectivity index (χ1n) is 6.80. The van der Waals surface area contributed by atoms with Crippen molar-refractivity contribution in [3.8, 4) is 0 Å². The van der Waals surface area contributed by atoms with Gasteiger partial charge >= 0.3 is 5.69 Å². The molecule has 0 atom stereocenters. The van der Waals surface area contributed by atoms with E-state index in [0.29, 0.717) is 16.6 Å². The van der Waals surface area contributed by atoms with Gasteiger partial charge in [0.1, 0.15) is 0 Å². The molecule has 114 valence electrons. The van der Waals surface area contributed by atoms with Crippen LogP contribution in [-0.2, 0) is 20.6 Å². The van der Waals surface area contributed by atoms with Gasteiger partial charge in [0.25, 0.3) is 0 Å². The fourth-order valence-corrected chi connectivity index (χ4v) is 2.85. The molecule has 3 rings (SSSR count). The van der Waals surface area contributed by atoms with Crippen LogP contribution in [0.4, 0.5) is 5.69 Å². The summed E-state index contributed by atoms with van der Waals surface area (Å²) >= 11 is 12.1. The van der Waals surface area contributed by atoms with E-state index in [2.05, 4.69) is 5.32 Å². The highest BCUT2D eigenvalue weighted by Gasteiger charge is 2.08. The van der Waals surface area contributed by atoms with Gasteiger partial charge in [0.15, 0.2) is 0 Å². The maximum Gasteiger partial charge on any atom is 0.328 e. The van der Waals surface area contributed by atoms with Gasteiger partial charge in [-0.2, -0.15) is 0 Å². The molecule has 0 saturated carbocycles. The van der Waals surface area contributed by atoms with Crippen molar-refractivity contribution < 1.29 is 0 Å². The molecular weight excluding hydrogens is 321 g/mol. The van der Waals surface area contributed by atoms with E-state index in [4.69, 9.17) is 23.2 Å². The van der Waals surface area contributed by atoms with Crippen LogP contribution < -0.4 is 11.0 Å². The molecule has 0 aliphatic carbocycles. The first-order valence-corrected chi connectivity index (χ1v) is 7.56. The number of nitrogens with zero attached hydrogens (tertiary/aromatic N) is 2. The third-order valence-electron chi connectivity index (χ3n) is 3.75. The van der Waals surface area contributed by atoms with E-state index in [-0.39, 0.29) is 5.69 Å². The maximum absolute atomic E-state index is 11.9. The fraction of sp³-hybridized carbons (Fsp3) is 0.188. The van der Waals surface area contributed by atoms with Gasteiger partial charge in [0.2, 0.25) is 0 Å². The number of halogens is 2. The van der Waals surface area contributed by atoms with Crippen molar-refractivity contribution in [3.63, 3.8) is 0 Å². The molecule has 0 spiro atoms. The summed E-state index contributed by atoms with van der Waals surface area (Å²) in [6.45, 7) is 0.596. The minimum atomic E-state index is -0.0296. The van der Waals surface area contributed by atoms with E-state index in [1.165, 1.54) is 0 Å². The number of aryl methyl sites for hydroxylation is 2. The zero-order chi connectivity index (χ0) is 15.9. The van der Waals surface area contributed by atoms with Gasteiger partial charge in [0, 0.05) is 25.7 Å². The average Bonchev–Trinajstić information content (AvgIpc) is 2.73. The Kier molecular flexibility index (Phi) is 3.89. The van der Waals surface area contributed by atoms with Gasteiger partial charge in [-0.05, 0) is 35.9 Å². The van der Waals surface area contributed by atoms with E-state index in [1.54, 1.807) is 41.4 Å². The van der Waals surface area contributed by atoms with Gasteiger partial charge in [0.05, 0.1) is 21.7 Å². The summed E-state index contributed by atoms with van der Waals surface area (Å²) < 4.78 is 3.28. The predicted molar refractivity (Wildman–Crippen MR) is 91.9 cm³/mol. The van der Waals surface area contributed by atoms with Crippen molar-refractivity contribution in [2.24, 2.45) is 14.1 Å². The number of aromatic nitrogens is 2. The lowest BCUT2D eigenvalue weighted by Crippen LogP contribution is -2.19. The Morgan fingerprint density at radius 1 is 1.00 bits per heavy atom. The zero-order valence-corrected chi connectivity index (χ0v) is 13.7. The number of benzene rings is 2. The van der Waals surface area contributed by atoms with E-state index in [1.807, 2.05) is 18.2 Å². The minimum Gasteiger partial charge on any atom is -0.380 e. The summed E-state index contributed by atoms with van der Waals surface area (Å²) in [5.74, 6) is 0. The average molecular weight is 336 g/mol. The molecule has 4 nitrogen and oxygen atoms in total. The number of nitrogens with one attached hydrogen (secondary N) is 1. The Morgan fingerprint density at radius 2 is 1.73 bits per heavy atom. The highest BCUT2D eigenvalue weighted by molar-refractivity contribution is 6.35. The van der Waals surface area contributed by atoms with Crippen LogP contribution in [0.3, 0.4) is 0 Å². The van der Waals surface area contributed by atoms with Gasteiger partial charge in [-0.25, -0.2) is 4.79 Å². The van der Waals surface area contributed by atoms with Gasteiger partial charge in [-0.1, -0.05) is 29.3 Å². The SMILES string of the molecule is Cn1c(=O)n(C)c2cc(CNc3cc(Cl)ccc3Cl)ccc21. The summed E-state index contributed by atoms with van der Waals surface area (Å²) in [5.41, 5.74) is 3.64. The summed E-state index contributed by atoms with van der Waals surface area (Å²) in [7, 11) is 3.55. The molecule has 0 aliphatic rings. The van der Waals surface area contributed by atoms with Crippen molar-refractivity contribution in [2.45, 2.75) is 6.54 Å². The molecular formula is C16H15Cl2N3O. The van der Waals surface area contributed by atoms with Crippen molar-refractivity contribution in [2.75, 3.05) is 5.32 Å². The number of fused-ring (bicyclic) bond motifs is 1. The molecule has 0 radical (unpaired) electrons. The molecule has 1 heterocycles. The molecule has 0 aliphatic heterocycles. The molecule has 0 unspecified atom stereocenters. The minimum absolute atomic E-state index is 0.0296. The molecule has 0 saturated heterocycles. The molecule has 3 aromatic rings. The second-order valence-electron chi connectivity index (χ2n) is 5.20. The van der Waals surface area contributed by atoms with Crippen molar-refractivity contribution in [1.82, 2.24) is 9.13 Å². The van der Waals surface area contributed by atoms with E-state index in [9.17, 15) is 4.79 Å². The summed E-state index contributed by atoms with van der Waals surface area (Å²) in [4.78, 5) is 11.9. The third-order valence-corrected chi connectivity index (χ3v) is 4.31. The van der Waals surface area contributed by atoms with Crippen LogP contribution in [0.2, 0.25) is 10.0 Å². The molecule has 2 aromatic carbocycles. The van der Waals surface area contributed by atoms with Gasteiger partial charge in [-0.15, -0.1) is 0 Å². The number of imidazole rings is 1. The Balaban J connectivity index is 1.90. The maximum atomic E-state index is 11.9. The van der Waals surface area contributed by atoms with Crippen molar-refractivity contribution in [1.29, 1.82) is 0 Å². The quantitative estimate of drug-likeness (QED) is 0.790. The first-order chi connectivity index (χ1) is 10.5. The lowest BCUT2D eigenvalue weighted by atomic mass is 10.2. The Hall–Kier alpha value is -1.91. The number of hydrogen-bond donors (Lipinski definition) is 1. The Morgan fingerprint density at radius 3 is 2.50 bits per heavy atom. The number of rotatable bonds is 3. The highest BCUT2D eigenvalue weighted by Crippen LogP contribution is 2.26. The molecule has 1 aromatic heterocycles. The van der Waals surface area contributed by atoms with Gasteiger partial charge < -0.3 is 5.32 Å². The van der Waals surface area contributed by atoms with E-state index in [0.717, 1.165) is 22.3 Å². The molecule has 0 bridgehead atoms. The third kappa shape index (κ3) is 2.60. The number of anilines is 1. The van der Waals surface area contributed by atoms with Crippen molar-refractivity contribution >= 4 is 39.9 Å². The molecule has 1 N–H and O–H groups in total. The molecule has 6 heteroatoms. The number of hydrogen-bond acceptors (Lipinski definition) is 2. The second kappa shape index (κ2) is 5.71. The first kappa shape index (κ1) is 15.0. The van der Waals surface area contributed by atoms with Crippen LogP contribution in [0.1, 0.15) is 5.56 Å². The molecule has 0 fully saturated rings. The zero-order valence-electron chi connectivity index (χ0n) is 12.2. The topological polar surface area (TPSA) is 39.0 Å². The lowest BCUT2D eigenvalue weighted by molar-refractivity contribution is 0.795. The van der Waals surface area contributed by atoms with Crippen LogP contribution in [-0.4, -0.2) is 9.13 Å². The standard InChI is InChI=1S/C16H15Cl2N3O/c1-20-14-6-3-10(7-15(14)21(2)16(20)22)9-19-13-8-11(17)4-5-12(13)18/h3-8,19H,9H2,1-2H3. The lowest BCUT2D eigenvalue weighted by Gasteiger charge is -2.09. The van der Waals surface area contributed by atoms with Crippen LogP contribution >= 0.6 is 23.2 Å². The highest BCUT2D eigenvalue weighted by atomic mass is 35.5. The second-order valence-corrected chi connectivity index (χ2v) is 6.05. The fourth-order valence-electron chi connectivity index (χ4n) is 2.49. The van der Waals surface area contributed by atoms with E-state index >= 15 is 0 Å². The van der Waals surface area contributed by atoms with Crippen LogP contribution in [0.5, 0.6) is 0 Å². The van der Waals surface area contributed by atoms with Crippen LogP contribution in [0.15, 0.2) is 41.2 Å². The summed E-state index contributed by atoms with van der Waals surface area (Å²) in [5, 5.41) is 4.52. The molecule has 0 amide bonds. The van der Waals surface area contributed by atoms with Crippen LogP contribution in [0.25, 0.3) is 11.0 Å². The Labute approximate surface area is 137 Å². The Bertz CT molecular complexity index is 912. The largest absolute Gasteiger partial charge is 0.380 e. The monoisotopic (exact) mass is 335 g/mol. The normalized spacial score (nSPS) is 11.1. The van der Waals surface area contributed by atoms with Gasteiger partial charge in [-0.3, -0.25) is 9.13 Å². The molecule has 22 heavy (non-hydrogen) atoms. The predicted octanol–water partition coefficient (Wildman–Crippen LogP) is 3.80. The smallest absolute Gasteiger partial charge is 0.328 e. The van der Waals surface area contributed by atoms with E-state index < -0.39 is 0 Å².